The van der Waals surface area contributed by atoms with E-state index in [-0.39, 0.29) is 17.6 Å². The quantitative estimate of drug-likeness (QED) is 0.0737. The number of hydrogen-bond donors (Lipinski definition) is 5. The number of primary amides is 1. The van der Waals surface area contributed by atoms with Crippen molar-refractivity contribution in [3.05, 3.63) is 107 Å². The van der Waals surface area contributed by atoms with Gasteiger partial charge in [-0.3, -0.25) is 10.2 Å². The minimum atomic E-state index is -0.788. The Labute approximate surface area is 272 Å². The summed E-state index contributed by atoms with van der Waals surface area (Å²) in [7, 11) is 0. The Hall–Kier alpha value is -5.90. The molecular weight excluding hydrogens is 590 g/mol. The minimum Gasteiger partial charge on any atom is -0.506 e. The molecule has 0 bridgehead atoms. The fourth-order valence-electron chi connectivity index (χ4n) is 5.82. The number of nitrogens with two attached hydrogens (primary N) is 1. The van der Waals surface area contributed by atoms with Gasteiger partial charge >= 0.3 is 6.03 Å². The predicted molar refractivity (Wildman–Crippen MR) is 187 cm³/mol. The number of aryl methyl sites for hydroxylation is 2. The standard InChI is InChI=1S/C37H37N7O3/c1-5-21(2)34(41-37(38)47)36(46)40-27-19-31-29(17-22(27)3)39-30-18-23(4)28(20-32(30)44(31)25-12-7-6-8-13-25)42-43-35-26-14-10-9-11-24(26)15-16-33(35)45/h6-21,34,43,45H,5H2,1-4H3,(H,40,46)(H3,38,41,47)/b42-28-. The highest BCUT2D eigenvalue weighted by atomic mass is 16.3. The van der Waals surface area contributed by atoms with Crippen molar-refractivity contribution in [3.63, 3.8) is 0 Å². The number of urea groups is 1. The van der Waals surface area contributed by atoms with E-state index in [1.54, 1.807) is 6.07 Å². The van der Waals surface area contributed by atoms with Crippen LogP contribution in [0.25, 0.3) is 38.9 Å². The minimum absolute atomic E-state index is 0.101. The van der Waals surface area contributed by atoms with E-state index in [4.69, 9.17) is 15.8 Å². The number of amides is 3. The molecule has 0 aromatic heterocycles. The molecule has 238 valence electrons. The van der Waals surface area contributed by atoms with Gasteiger partial charge < -0.3 is 26.0 Å². The highest BCUT2D eigenvalue weighted by Crippen LogP contribution is 2.34. The maximum Gasteiger partial charge on any atom is 0.312 e. The second kappa shape index (κ2) is 12.8. The SMILES string of the molecule is CCC(C)C(NC(N)=O)C(=O)Nc1cc2c(cc1C)nc1cc(C)/c(=N\Nc3c(O)ccc4ccccc34)cc-1n2-c1ccccc1. The number of nitrogens with one attached hydrogen (secondary N) is 3. The number of carbonyl (C=O) groups excluding carboxylic acids is 2. The summed E-state index contributed by atoms with van der Waals surface area (Å²) in [4.78, 5) is 30.2. The number of phenolic OH excluding ortho intramolecular Hbond substituents is 1. The van der Waals surface area contributed by atoms with Crippen molar-refractivity contribution in [2.75, 3.05) is 10.7 Å². The number of carbonyl (C=O) groups is 2. The summed E-state index contributed by atoms with van der Waals surface area (Å²) < 4.78 is 2.09. The van der Waals surface area contributed by atoms with Crippen LogP contribution in [0.3, 0.4) is 0 Å². The van der Waals surface area contributed by atoms with Gasteiger partial charge in [-0.05, 0) is 78.7 Å². The van der Waals surface area contributed by atoms with Gasteiger partial charge in [0.2, 0.25) is 5.91 Å². The third kappa shape index (κ3) is 6.17. The van der Waals surface area contributed by atoms with Crippen molar-refractivity contribution in [2.45, 2.75) is 40.2 Å². The van der Waals surface area contributed by atoms with Crippen LogP contribution >= 0.6 is 0 Å². The van der Waals surface area contributed by atoms with Crippen LogP contribution in [-0.4, -0.2) is 32.6 Å². The molecule has 4 aromatic carbocycles. The summed E-state index contributed by atoms with van der Waals surface area (Å²) in [5.74, 6) is -0.373. The van der Waals surface area contributed by atoms with Crippen LogP contribution in [0.1, 0.15) is 31.4 Å². The number of aromatic nitrogens is 2. The number of nitrogens with zero attached hydrogens (tertiary/aromatic N) is 3. The Bertz CT molecular complexity index is 2180. The van der Waals surface area contributed by atoms with E-state index in [1.807, 2.05) is 113 Å². The Morgan fingerprint density at radius 2 is 1.70 bits per heavy atom. The van der Waals surface area contributed by atoms with Gasteiger partial charge in [0.1, 0.15) is 17.5 Å². The third-order valence-electron chi connectivity index (χ3n) is 8.60. The molecule has 1 aliphatic heterocycles. The molecule has 6 rings (SSSR count). The number of aromatic hydroxyl groups is 1. The van der Waals surface area contributed by atoms with E-state index < -0.39 is 12.1 Å². The van der Waals surface area contributed by atoms with Crippen LogP contribution in [0.4, 0.5) is 16.2 Å². The fraction of sp³-hybridized carbons (Fsp3) is 0.189. The molecule has 1 heterocycles. The molecule has 3 amide bonds. The average Bonchev–Trinajstić information content (AvgIpc) is 3.06. The van der Waals surface area contributed by atoms with E-state index in [2.05, 4.69) is 20.6 Å². The molecule has 6 N–H and O–H groups in total. The molecule has 2 atom stereocenters. The normalized spacial score (nSPS) is 13.1. The molecule has 2 aliphatic rings. The van der Waals surface area contributed by atoms with Crippen molar-refractivity contribution >= 4 is 45.1 Å². The zero-order valence-corrected chi connectivity index (χ0v) is 26.7. The Morgan fingerprint density at radius 1 is 0.957 bits per heavy atom. The number of rotatable bonds is 8. The summed E-state index contributed by atoms with van der Waals surface area (Å²) in [5, 5.41) is 23.5. The molecule has 0 saturated heterocycles. The fourth-order valence-corrected chi connectivity index (χ4v) is 5.82. The van der Waals surface area contributed by atoms with Crippen molar-refractivity contribution in [1.82, 2.24) is 14.9 Å². The van der Waals surface area contributed by atoms with E-state index in [9.17, 15) is 14.7 Å². The molecule has 2 unspecified atom stereocenters. The van der Waals surface area contributed by atoms with Gasteiger partial charge in [0.05, 0.1) is 27.8 Å². The molecule has 0 radical (unpaired) electrons. The zero-order chi connectivity index (χ0) is 33.2. The maximum atomic E-state index is 13.4. The molecule has 10 nitrogen and oxygen atoms in total. The van der Waals surface area contributed by atoms with E-state index in [0.717, 1.165) is 50.0 Å². The Morgan fingerprint density at radius 3 is 2.45 bits per heavy atom. The molecule has 47 heavy (non-hydrogen) atoms. The Kier molecular flexibility index (Phi) is 8.50. The monoisotopic (exact) mass is 627 g/mol. The van der Waals surface area contributed by atoms with Gasteiger partial charge in [0.15, 0.2) is 0 Å². The third-order valence-corrected chi connectivity index (χ3v) is 8.60. The van der Waals surface area contributed by atoms with E-state index in [1.165, 1.54) is 0 Å². The first-order valence-electron chi connectivity index (χ1n) is 15.5. The number of para-hydroxylation sites is 1. The van der Waals surface area contributed by atoms with Gasteiger partial charge in [-0.1, -0.05) is 68.8 Å². The van der Waals surface area contributed by atoms with Crippen LogP contribution in [0.15, 0.2) is 96.1 Å². The zero-order valence-electron chi connectivity index (χ0n) is 26.7. The number of anilines is 2. The average molecular weight is 628 g/mol. The largest absolute Gasteiger partial charge is 0.506 e. The van der Waals surface area contributed by atoms with Crippen LogP contribution < -0.4 is 27.2 Å². The molecule has 1 aliphatic carbocycles. The lowest BCUT2D eigenvalue weighted by Crippen LogP contribution is -2.49. The highest BCUT2D eigenvalue weighted by molar-refractivity contribution is 6.00. The van der Waals surface area contributed by atoms with Crippen molar-refractivity contribution in [2.24, 2.45) is 16.8 Å². The van der Waals surface area contributed by atoms with Crippen molar-refractivity contribution in [1.29, 1.82) is 0 Å². The van der Waals surface area contributed by atoms with Crippen molar-refractivity contribution < 1.29 is 14.7 Å². The van der Waals surface area contributed by atoms with Gasteiger partial charge in [0.25, 0.3) is 0 Å². The predicted octanol–water partition coefficient (Wildman–Crippen LogP) is 6.56. The second-order valence-electron chi connectivity index (χ2n) is 11.8. The van der Waals surface area contributed by atoms with Gasteiger partial charge in [-0.2, -0.15) is 5.10 Å². The number of hydrogen-bond acceptors (Lipinski definition) is 6. The van der Waals surface area contributed by atoms with E-state index >= 15 is 0 Å². The molecule has 0 spiro atoms. The van der Waals surface area contributed by atoms with Crippen LogP contribution in [0.2, 0.25) is 0 Å². The molecule has 0 saturated carbocycles. The van der Waals surface area contributed by atoms with Crippen molar-refractivity contribution in [3.8, 4) is 22.8 Å². The molecule has 4 aromatic rings. The summed E-state index contributed by atoms with van der Waals surface area (Å²) in [5.41, 5.74) is 15.3. The summed E-state index contributed by atoms with van der Waals surface area (Å²) >= 11 is 0. The smallest absolute Gasteiger partial charge is 0.312 e. The van der Waals surface area contributed by atoms with E-state index in [0.29, 0.717) is 23.2 Å². The lowest BCUT2D eigenvalue weighted by atomic mass is 9.98. The molecule has 0 fully saturated rings. The first kappa shape index (κ1) is 31.1. The molecular formula is C37H37N7O3. The lowest BCUT2D eigenvalue weighted by Gasteiger charge is -2.24. The summed E-state index contributed by atoms with van der Waals surface area (Å²) in [6.45, 7) is 7.74. The first-order chi connectivity index (χ1) is 22.6. The van der Waals surface area contributed by atoms with Gasteiger partial charge in [-0.25, -0.2) is 9.78 Å². The van der Waals surface area contributed by atoms with Crippen LogP contribution in [-0.2, 0) is 4.79 Å². The topological polar surface area (TPSA) is 147 Å². The summed E-state index contributed by atoms with van der Waals surface area (Å²) in [6.07, 6.45) is 0.681. The number of benzene rings is 5. The summed E-state index contributed by atoms with van der Waals surface area (Å²) in [6, 6.07) is 27.5. The number of fused-ring (bicyclic) bond motifs is 3. The number of phenols is 1. The lowest BCUT2D eigenvalue weighted by molar-refractivity contribution is -0.119. The Balaban J connectivity index is 1.52. The maximum absolute atomic E-state index is 13.4. The van der Waals surface area contributed by atoms with Crippen LogP contribution in [0.5, 0.6) is 5.75 Å². The second-order valence-corrected chi connectivity index (χ2v) is 11.8. The highest BCUT2D eigenvalue weighted by Gasteiger charge is 2.26. The first-order valence-corrected chi connectivity index (χ1v) is 15.5. The van der Waals surface area contributed by atoms with Gasteiger partial charge in [-0.15, -0.1) is 0 Å². The molecule has 10 heteroatoms. The van der Waals surface area contributed by atoms with Crippen LogP contribution in [0, 0.1) is 19.8 Å². The van der Waals surface area contributed by atoms with Gasteiger partial charge in [0, 0.05) is 16.8 Å².